The predicted octanol–water partition coefficient (Wildman–Crippen LogP) is 3.74. The van der Waals surface area contributed by atoms with Crippen molar-refractivity contribution in [1.29, 1.82) is 0 Å². The summed E-state index contributed by atoms with van der Waals surface area (Å²) in [6, 6.07) is 12.6. The first-order valence-electron chi connectivity index (χ1n) is 8.16. The Bertz CT molecular complexity index is 779. The lowest BCUT2D eigenvalue weighted by atomic mass is 10.1. The highest BCUT2D eigenvalue weighted by molar-refractivity contribution is 5.97. The molecule has 1 atom stereocenters. The van der Waals surface area contributed by atoms with Crippen molar-refractivity contribution < 1.29 is 18.7 Å². The van der Waals surface area contributed by atoms with Gasteiger partial charge in [-0.2, -0.15) is 0 Å². The number of ether oxygens (including phenoxy) is 1. The Kier molecular flexibility index (Phi) is 4.97. The van der Waals surface area contributed by atoms with Crippen LogP contribution in [0.1, 0.15) is 18.4 Å². The van der Waals surface area contributed by atoms with Crippen LogP contribution in [0.15, 0.2) is 48.5 Å². The number of likely N-dealkylation sites (tertiary alicyclic amines) is 1. The Morgan fingerprint density at radius 1 is 1.16 bits per heavy atom. The van der Waals surface area contributed by atoms with Crippen LogP contribution in [0.25, 0.3) is 0 Å². The molecule has 0 spiro atoms. The van der Waals surface area contributed by atoms with Crippen LogP contribution in [-0.4, -0.2) is 29.5 Å². The Morgan fingerprint density at radius 2 is 1.92 bits per heavy atom. The van der Waals surface area contributed by atoms with Crippen molar-refractivity contribution in [2.75, 3.05) is 11.9 Å². The van der Waals surface area contributed by atoms with Gasteiger partial charge in [0.05, 0.1) is 0 Å². The van der Waals surface area contributed by atoms with Crippen molar-refractivity contribution >= 4 is 17.7 Å². The highest BCUT2D eigenvalue weighted by atomic mass is 19.1. The van der Waals surface area contributed by atoms with Crippen LogP contribution in [0, 0.1) is 12.7 Å². The molecule has 2 amide bonds. The Balaban J connectivity index is 1.69. The molecule has 2 aromatic rings. The van der Waals surface area contributed by atoms with Crippen LogP contribution in [0.5, 0.6) is 5.75 Å². The van der Waals surface area contributed by atoms with Crippen LogP contribution in [0.4, 0.5) is 14.9 Å². The smallest absolute Gasteiger partial charge is 0.410 e. The fourth-order valence-corrected chi connectivity index (χ4v) is 2.86. The molecule has 1 heterocycles. The van der Waals surface area contributed by atoms with E-state index >= 15 is 0 Å². The summed E-state index contributed by atoms with van der Waals surface area (Å²) >= 11 is 0. The van der Waals surface area contributed by atoms with E-state index in [0.717, 1.165) is 0 Å². The van der Waals surface area contributed by atoms with Crippen molar-refractivity contribution in [3.8, 4) is 5.75 Å². The van der Waals surface area contributed by atoms with Gasteiger partial charge in [-0.15, -0.1) is 0 Å². The van der Waals surface area contributed by atoms with Crippen molar-refractivity contribution in [3.05, 3.63) is 59.9 Å². The molecule has 0 bridgehead atoms. The lowest BCUT2D eigenvalue weighted by Crippen LogP contribution is -2.44. The minimum Gasteiger partial charge on any atom is -0.410 e. The maximum absolute atomic E-state index is 13.6. The van der Waals surface area contributed by atoms with E-state index in [0.29, 0.717) is 36.4 Å². The number of amides is 2. The number of carbonyl (C=O) groups is 2. The third kappa shape index (κ3) is 3.79. The number of hydrogen-bond donors (Lipinski definition) is 1. The van der Waals surface area contributed by atoms with Gasteiger partial charge in [-0.05, 0) is 44.0 Å². The summed E-state index contributed by atoms with van der Waals surface area (Å²) in [6.07, 6.45) is 0.702. The summed E-state index contributed by atoms with van der Waals surface area (Å²) in [5.41, 5.74) is 0.778. The maximum Gasteiger partial charge on any atom is 0.415 e. The second-order valence-corrected chi connectivity index (χ2v) is 5.93. The van der Waals surface area contributed by atoms with Crippen molar-refractivity contribution in [2.24, 2.45) is 0 Å². The third-order valence-corrected chi connectivity index (χ3v) is 4.26. The molecule has 0 unspecified atom stereocenters. The van der Waals surface area contributed by atoms with E-state index in [4.69, 9.17) is 4.74 Å². The zero-order valence-corrected chi connectivity index (χ0v) is 13.9. The largest absolute Gasteiger partial charge is 0.415 e. The quantitative estimate of drug-likeness (QED) is 0.924. The number of rotatable bonds is 3. The lowest BCUT2D eigenvalue weighted by molar-refractivity contribution is -0.119. The molecule has 0 aromatic heterocycles. The third-order valence-electron chi connectivity index (χ3n) is 4.26. The minimum absolute atomic E-state index is 0.337. The number of hydrogen-bond acceptors (Lipinski definition) is 3. The molecule has 6 heteroatoms. The van der Waals surface area contributed by atoms with Gasteiger partial charge in [0.2, 0.25) is 5.91 Å². The van der Waals surface area contributed by atoms with E-state index in [9.17, 15) is 14.0 Å². The number of nitrogens with one attached hydrogen (secondary N) is 1. The molecule has 0 radical (unpaired) electrons. The van der Waals surface area contributed by atoms with E-state index < -0.39 is 12.1 Å². The van der Waals surface area contributed by atoms with Crippen LogP contribution >= 0.6 is 0 Å². The summed E-state index contributed by atoms with van der Waals surface area (Å²) in [7, 11) is 0. The van der Waals surface area contributed by atoms with Gasteiger partial charge in [-0.3, -0.25) is 9.69 Å². The highest BCUT2D eigenvalue weighted by Crippen LogP contribution is 2.23. The fraction of sp³-hybridized carbons (Fsp3) is 0.263. The number of para-hydroxylation sites is 1. The topological polar surface area (TPSA) is 58.6 Å². The van der Waals surface area contributed by atoms with Gasteiger partial charge in [0.1, 0.15) is 17.6 Å². The van der Waals surface area contributed by atoms with Crippen LogP contribution in [-0.2, 0) is 4.79 Å². The maximum atomic E-state index is 13.6. The number of halogens is 1. The number of anilines is 1. The Labute approximate surface area is 145 Å². The molecule has 0 aliphatic carbocycles. The first kappa shape index (κ1) is 17.0. The van der Waals surface area contributed by atoms with E-state index in [1.807, 2.05) is 6.07 Å². The van der Waals surface area contributed by atoms with Gasteiger partial charge >= 0.3 is 6.09 Å². The van der Waals surface area contributed by atoms with E-state index in [1.165, 1.54) is 17.0 Å². The molecule has 2 aromatic carbocycles. The van der Waals surface area contributed by atoms with Crippen molar-refractivity contribution in [2.45, 2.75) is 25.8 Å². The van der Waals surface area contributed by atoms with Crippen molar-refractivity contribution in [1.82, 2.24) is 4.90 Å². The summed E-state index contributed by atoms with van der Waals surface area (Å²) < 4.78 is 18.9. The monoisotopic (exact) mass is 342 g/mol. The summed E-state index contributed by atoms with van der Waals surface area (Å²) in [6.45, 7) is 2.05. The predicted molar refractivity (Wildman–Crippen MR) is 92.0 cm³/mol. The highest BCUT2D eigenvalue weighted by Gasteiger charge is 2.35. The molecule has 25 heavy (non-hydrogen) atoms. The summed E-state index contributed by atoms with van der Waals surface area (Å²) in [5.74, 6) is -0.291. The van der Waals surface area contributed by atoms with Gasteiger partial charge in [-0.25, -0.2) is 9.18 Å². The molecule has 130 valence electrons. The van der Waals surface area contributed by atoms with Crippen LogP contribution in [0.3, 0.4) is 0 Å². The van der Waals surface area contributed by atoms with Crippen molar-refractivity contribution in [3.63, 3.8) is 0 Å². The number of carbonyl (C=O) groups excluding carboxylic acids is 2. The van der Waals surface area contributed by atoms with E-state index in [-0.39, 0.29) is 11.7 Å². The molecule has 1 saturated heterocycles. The Hall–Kier alpha value is -2.89. The SMILES string of the molecule is Cc1c(F)cccc1NC(=O)[C@@H]1CCCN1C(=O)Oc1ccccc1. The summed E-state index contributed by atoms with van der Waals surface area (Å²) in [5, 5.41) is 2.71. The van der Waals surface area contributed by atoms with Gasteiger partial charge in [0.25, 0.3) is 0 Å². The number of benzene rings is 2. The second-order valence-electron chi connectivity index (χ2n) is 5.93. The van der Waals surface area contributed by atoms with Crippen LogP contribution < -0.4 is 10.1 Å². The molecular formula is C19H19FN2O3. The van der Waals surface area contributed by atoms with Gasteiger partial charge in [0.15, 0.2) is 0 Å². The molecule has 1 aliphatic heterocycles. The average Bonchev–Trinajstić information content (AvgIpc) is 3.10. The lowest BCUT2D eigenvalue weighted by Gasteiger charge is -2.23. The molecule has 3 rings (SSSR count). The average molecular weight is 342 g/mol. The minimum atomic E-state index is -0.626. The summed E-state index contributed by atoms with van der Waals surface area (Å²) in [4.78, 5) is 26.3. The van der Waals surface area contributed by atoms with Gasteiger partial charge in [0, 0.05) is 17.8 Å². The molecule has 5 nitrogen and oxygen atoms in total. The van der Waals surface area contributed by atoms with Crippen LogP contribution in [0.2, 0.25) is 0 Å². The first-order valence-corrected chi connectivity index (χ1v) is 8.16. The van der Waals surface area contributed by atoms with E-state index in [1.54, 1.807) is 37.3 Å². The molecule has 1 aliphatic rings. The van der Waals surface area contributed by atoms with Gasteiger partial charge in [-0.1, -0.05) is 24.3 Å². The zero-order valence-electron chi connectivity index (χ0n) is 13.9. The molecule has 1 N–H and O–H groups in total. The zero-order chi connectivity index (χ0) is 17.8. The molecular weight excluding hydrogens is 323 g/mol. The molecule has 1 fully saturated rings. The number of nitrogens with zero attached hydrogens (tertiary/aromatic N) is 1. The first-order chi connectivity index (χ1) is 12.1. The normalized spacial score (nSPS) is 16.6. The van der Waals surface area contributed by atoms with E-state index in [2.05, 4.69) is 5.32 Å². The Morgan fingerprint density at radius 3 is 2.68 bits per heavy atom. The molecule has 0 saturated carbocycles. The second kappa shape index (κ2) is 7.34. The fourth-order valence-electron chi connectivity index (χ4n) is 2.86. The standard InChI is InChI=1S/C19H19FN2O3/c1-13-15(20)9-5-10-16(13)21-18(23)17-11-6-12-22(17)19(24)25-14-7-3-2-4-8-14/h2-5,7-10,17H,6,11-12H2,1H3,(H,21,23)/t17-/m0/s1. The van der Waals surface area contributed by atoms with Gasteiger partial charge < -0.3 is 10.1 Å².